The third-order valence-electron chi connectivity index (χ3n) is 6.70. The first kappa shape index (κ1) is 21.4. The smallest absolute Gasteiger partial charge is 0.244 e. The number of aryl methyl sites for hydroxylation is 1. The molecule has 2 aromatic rings. The lowest BCUT2D eigenvalue weighted by atomic mass is 9.78. The first-order chi connectivity index (χ1) is 15.0. The van der Waals surface area contributed by atoms with E-state index >= 15 is 0 Å². The van der Waals surface area contributed by atoms with Crippen molar-refractivity contribution in [1.29, 1.82) is 0 Å². The molecule has 2 saturated heterocycles. The van der Waals surface area contributed by atoms with Crippen LogP contribution in [0.15, 0.2) is 42.7 Å². The highest BCUT2D eigenvalue weighted by molar-refractivity contribution is 5.76. The summed E-state index contributed by atoms with van der Waals surface area (Å²) in [4.78, 5) is 28.6. The number of carbonyl (C=O) groups excluding carboxylic acids is 2. The predicted octanol–water partition coefficient (Wildman–Crippen LogP) is 2.60. The molecule has 1 aromatic carbocycles. The first-order valence-corrected chi connectivity index (χ1v) is 11.2. The van der Waals surface area contributed by atoms with Crippen molar-refractivity contribution >= 4 is 11.8 Å². The minimum atomic E-state index is 0.108. The maximum atomic E-state index is 13.0. The number of hydrogen-bond donors (Lipinski definition) is 0. The van der Waals surface area contributed by atoms with E-state index in [1.807, 2.05) is 53.3 Å². The van der Waals surface area contributed by atoms with E-state index in [1.165, 1.54) is 0 Å². The summed E-state index contributed by atoms with van der Waals surface area (Å²) >= 11 is 0. The van der Waals surface area contributed by atoms with E-state index in [9.17, 15) is 9.59 Å². The summed E-state index contributed by atoms with van der Waals surface area (Å²) in [7, 11) is 0. The molecule has 31 heavy (non-hydrogen) atoms. The summed E-state index contributed by atoms with van der Waals surface area (Å²) in [6.07, 6.45) is 5.66. The van der Waals surface area contributed by atoms with Crippen LogP contribution in [-0.2, 0) is 16.1 Å². The molecule has 0 aliphatic carbocycles. The zero-order valence-corrected chi connectivity index (χ0v) is 18.4. The lowest BCUT2D eigenvalue weighted by Crippen LogP contribution is -2.41. The molecule has 4 rings (SSSR count). The molecule has 1 aromatic heterocycles. The van der Waals surface area contributed by atoms with Crippen molar-refractivity contribution in [3.05, 3.63) is 48.3 Å². The number of rotatable bonds is 6. The largest absolute Gasteiger partial charge is 0.493 e. The fraction of sp³-hybridized carbons (Fsp3) is 0.542. The Balaban J connectivity index is 1.42. The fourth-order valence-corrected chi connectivity index (χ4v) is 4.96. The van der Waals surface area contributed by atoms with Crippen molar-refractivity contribution in [2.45, 2.75) is 33.2 Å². The molecule has 2 amide bonds. The summed E-state index contributed by atoms with van der Waals surface area (Å²) in [5.41, 5.74) is 1.05. The number of piperidine rings is 1. The second-order valence-corrected chi connectivity index (χ2v) is 8.91. The van der Waals surface area contributed by atoms with Crippen molar-refractivity contribution in [3.63, 3.8) is 0 Å². The van der Waals surface area contributed by atoms with E-state index in [-0.39, 0.29) is 24.3 Å². The number of carbonyl (C=O) groups is 2. The van der Waals surface area contributed by atoms with Crippen LogP contribution in [-0.4, -0.2) is 64.2 Å². The molecular formula is C24H32N4O3. The first-order valence-electron chi connectivity index (χ1n) is 11.2. The molecule has 2 aliphatic rings. The van der Waals surface area contributed by atoms with Gasteiger partial charge in [-0.3, -0.25) is 14.3 Å². The van der Waals surface area contributed by atoms with Crippen LogP contribution < -0.4 is 4.74 Å². The molecule has 0 spiro atoms. The van der Waals surface area contributed by atoms with E-state index in [2.05, 4.69) is 5.10 Å². The normalized spacial score (nSPS) is 22.0. The van der Waals surface area contributed by atoms with Gasteiger partial charge in [0.1, 0.15) is 12.3 Å². The van der Waals surface area contributed by atoms with Crippen LogP contribution in [0.2, 0.25) is 0 Å². The molecule has 2 atom stereocenters. The van der Waals surface area contributed by atoms with Crippen LogP contribution in [0.5, 0.6) is 5.75 Å². The standard InChI is InChI=1S/C24H32N4O3/c1-18-12-25-28(13-18)16-24(30)27-14-21(17-31-22-6-4-3-5-7-22)23(15-27)20-8-10-26(11-9-20)19(2)29/h3-7,12-13,20-21,23H,8-11,14-17H2,1-2H3. The molecule has 2 aliphatic heterocycles. The zero-order chi connectivity index (χ0) is 21.8. The number of nitrogens with zero attached hydrogens (tertiary/aromatic N) is 4. The van der Waals surface area contributed by atoms with Gasteiger partial charge in [-0.15, -0.1) is 0 Å². The summed E-state index contributed by atoms with van der Waals surface area (Å²) in [6, 6.07) is 9.86. The maximum absolute atomic E-state index is 13.0. The molecular weight excluding hydrogens is 392 g/mol. The van der Waals surface area contributed by atoms with Gasteiger partial charge in [0.25, 0.3) is 0 Å². The molecule has 3 heterocycles. The third kappa shape index (κ3) is 5.27. The van der Waals surface area contributed by atoms with E-state index < -0.39 is 0 Å². The molecule has 166 valence electrons. The average Bonchev–Trinajstić information content (AvgIpc) is 3.39. The maximum Gasteiger partial charge on any atom is 0.244 e. The second kappa shape index (κ2) is 9.54. The van der Waals surface area contributed by atoms with Gasteiger partial charge in [-0.25, -0.2) is 0 Å². The van der Waals surface area contributed by atoms with Gasteiger partial charge in [0.05, 0.1) is 12.8 Å². The van der Waals surface area contributed by atoms with E-state index in [0.29, 0.717) is 25.0 Å². The number of aromatic nitrogens is 2. The van der Waals surface area contributed by atoms with Gasteiger partial charge in [0.2, 0.25) is 11.8 Å². The Bertz CT molecular complexity index is 889. The highest BCUT2D eigenvalue weighted by Gasteiger charge is 2.41. The number of amides is 2. The quantitative estimate of drug-likeness (QED) is 0.715. The number of likely N-dealkylation sites (tertiary alicyclic amines) is 2. The van der Waals surface area contributed by atoms with Crippen LogP contribution in [0.3, 0.4) is 0 Å². The Labute approximate surface area is 184 Å². The van der Waals surface area contributed by atoms with E-state index in [1.54, 1.807) is 17.8 Å². The molecule has 0 N–H and O–H groups in total. The van der Waals surface area contributed by atoms with Crippen LogP contribution in [0.25, 0.3) is 0 Å². The number of ether oxygens (including phenoxy) is 1. The summed E-state index contributed by atoms with van der Waals surface area (Å²) in [5, 5.41) is 4.26. The Morgan fingerprint density at radius 3 is 2.48 bits per heavy atom. The van der Waals surface area contributed by atoms with Gasteiger partial charge < -0.3 is 14.5 Å². The molecule has 2 unspecified atom stereocenters. The lowest BCUT2D eigenvalue weighted by molar-refractivity contribution is -0.131. The Hall–Kier alpha value is -2.83. The van der Waals surface area contributed by atoms with Gasteiger partial charge >= 0.3 is 0 Å². The fourth-order valence-electron chi connectivity index (χ4n) is 4.96. The topological polar surface area (TPSA) is 67.7 Å². The van der Waals surface area contributed by atoms with Crippen LogP contribution in [0, 0.1) is 24.7 Å². The van der Waals surface area contributed by atoms with Gasteiger partial charge in [-0.1, -0.05) is 18.2 Å². The Morgan fingerprint density at radius 1 is 1.10 bits per heavy atom. The van der Waals surface area contributed by atoms with Gasteiger partial charge in [0.15, 0.2) is 0 Å². The number of para-hydroxylation sites is 1. The average molecular weight is 425 g/mol. The molecule has 7 heteroatoms. The van der Waals surface area contributed by atoms with Crippen LogP contribution in [0.4, 0.5) is 0 Å². The van der Waals surface area contributed by atoms with Crippen LogP contribution >= 0.6 is 0 Å². The van der Waals surface area contributed by atoms with Crippen molar-refractivity contribution < 1.29 is 14.3 Å². The van der Waals surface area contributed by atoms with Crippen molar-refractivity contribution in [3.8, 4) is 5.75 Å². The lowest BCUT2D eigenvalue weighted by Gasteiger charge is -2.36. The molecule has 0 bridgehead atoms. The van der Waals surface area contributed by atoms with Crippen molar-refractivity contribution in [2.75, 3.05) is 32.8 Å². The highest BCUT2D eigenvalue weighted by atomic mass is 16.5. The van der Waals surface area contributed by atoms with Gasteiger partial charge in [0, 0.05) is 45.2 Å². The predicted molar refractivity (Wildman–Crippen MR) is 117 cm³/mol. The minimum Gasteiger partial charge on any atom is -0.493 e. The summed E-state index contributed by atoms with van der Waals surface area (Å²) in [6.45, 7) is 7.58. The molecule has 2 fully saturated rings. The van der Waals surface area contributed by atoms with Crippen LogP contribution in [0.1, 0.15) is 25.3 Å². The number of benzene rings is 1. The highest BCUT2D eigenvalue weighted by Crippen LogP contribution is 2.36. The number of hydrogen-bond acceptors (Lipinski definition) is 4. The van der Waals surface area contributed by atoms with Gasteiger partial charge in [-0.2, -0.15) is 5.10 Å². The Kier molecular flexibility index (Phi) is 6.59. The third-order valence-corrected chi connectivity index (χ3v) is 6.70. The van der Waals surface area contributed by atoms with Crippen molar-refractivity contribution in [1.82, 2.24) is 19.6 Å². The van der Waals surface area contributed by atoms with E-state index in [4.69, 9.17) is 4.74 Å². The van der Waals surface area contributed by atoms with Crippen molar-refractivity contribution in [2.24, 2.45) is 17.8 Å². The van der Waals surface area contributed by atoms with E-state index in [0.717, 1.165) is 43.8 Å². The van der Waals surface area contributed by atoms with Gasteiger partial charge in [-0.05, 0) is 49.3 Å². The molecule has 0 radical (unpaired) electrons. The SMILES string of the molecule is CC(=O)N1CCC(C2CN(C(=O)Cn3cc(C)cn3)CC2COc2ccccc2)CC1. The Morgan fingerprint density at radius 2 is 1.84 bits per heavy atom. The summed E-state index contributed by atoms with van der Waals surface area (Å²) in [5.74, 6) is 2.31. The zero-order valence-electron chi connectivity index (χ0n) is 18.4. The second-order valence-electron chi connectivity index (χ2n) is 8.91. The molecule has 0 saturated carbocycles. The minimum absolute atomic E-state index is 0.108. The summed E-state index contributed by atoms with van der Waals surface area (Å²) < 4.78 is 7.81. The molecule has 7 nitrogen and oxygen atoms in total. The monoisotopic (exact) mass is 424 g/mol.